The van der Waals surface area contributed by atoms with Gasteiger partial charge in [0.25, 0.3) is 0 Å². The minimum atomic E-state index is -0.675. The molecule has 1 atom stereocenters. The predicted molar refractivity (Wildman–Crippen MR) is 87.1 cm³/mol. The van der Waals surface area contributed by atoms with Crippen molar-refractivity contribution in [3.8, 4) is 11.5 Å². The minimum absolute atomic E-state index is 0.112. The quantitative estimate of drug-likeness (QED) is 0.484. The molecule has 1 N–H and O–H groups in total. The molecule has 0 saturated heterocycles. The monoisotopic (exact) mass is 308 g/mol. The van der Waals surface area contributed by atoms with Crippen molar-refractivity contribution < 1.29 is 19.4 Å². The molecular weight excluding hydrogens is 280 g/mol. The third kappa shape index (κ3) is 7.91. The number of phenolic OH excluding ortho intramolecular Hbond substituents is 1. The highest BCUT2D eigenvalue weighted by Crippen LogP contribution is 2.19. The van der Waals surface area contributed by atoms with Gasteiger partial charge >= 0.3 is 5.97 Å². The lowest BCUT2D eigenvalue weighted by Crippen LogP contribution is -2.26. The van der Waals surface area contributed by atoms with E-state index >= 15 is 0 Å². The number of rotatable bonds is 11. The Balaban J connectivity index is 2.11. The number of aromatic hydroxyl groups is 1. The van der Waals surface area contributed by atoms with E-state index in [4.69, 9.17) is 9.47 Å². The molecule has 0 spiro atoms. The molecule has 0 saturated carbocycles. The second kappa shape index (κ2) is 10.9. The minimum Gasteiger partial charge on any atom is -0.508 e. The second-order valence-electron chi connectivity index (χ2n) is 5.55. The molecule has 0 fully saturated rings. The maximum absolute atomic E-state index is 11.8. The lowest BCUT2D eigenvalue weighted by atomic mass is 10.1. The van der Waals surface area contributed by atoms with Gasteiger partial charge in [0, 0.05) is 6.07 Å². The molecule has 0 aromatic heterocycles. The fourth-order valence-corrected chi connectivity index (χ4v) is 2.16. The molecule has 0 aliphatic carbocycles. The summed E-state index contributed by atoms with van der Waals surface area (Å²) in [4.78, 5) is 11.8. The van der Waals surface area contributed by atoms with Crippen LogP contribution in [-0.4, -0.2) is 23.8 Å². The first kappa shape index (κ1) is 18.3. The lowest BCUT2D eigenvalue weighted by Gasteiger charge is -2.14. The van der Waals surface area contributed by atoms with Gasteiger partial charge in [-0.25, -0.2) is 4.79 Å². The van der Waals surface area contributed by atoms with Crippen molar-refractivity contribution in [2.24, 2.45) is 0 Å². The van der Waals surface area contributed by atoms with Crippen LogP contribution in [0.2, 0.25) is 0 Å². The van der Waals surface area contributed by atoms with Crippen molar-refractivity contribution in [2.45, 2.75) is 64.9 Å². The van der Waals surface area contributed by atoms with E-state index in [1.54, 1.807) is 25.1 Å². The van der Waals surface area contributed by atoms with Crippen LogP contribution in [0.15, 0.2) is 24.3 Å². The Kier molecular flexibility index (Phi) is 9.12. The molecule has 0 aliphatic rings. The maximum atomic E-state index is 11.8. The summed E-state index contributed by atoms with van der Waals surface area (Å²) >= 11 is 0. The first-order valence-electron chi connectivity index (χ1n) is 8.25. The van der Waals surface area contributed by atoms with Gasteiger partial charge in [-0.05, 0) is 25.5 Å². The van der Waals surface area contributed by atoms with Crippen molar-refractivity contribution in [3.63, 3.8) is 0 Å². The third-order valence-electron chi connectivity index (χ3n) is 3.45. The number of carbonyl (C=O) groups excluding carboxylic acids is 1. The number of benzene rings is 1. The van der Waals surface area contributed by atoms with Crippen molar-refractivity contribution >= 4 is 5.97 Å². The van der Waals surface area contributed by atoms with Gasteiger partial charge in [-0.1, -0.05) is 51.5 Å². The van der Waals surface area contributed by atoms with Gasteiger partial charge in [0.2, 0.25) is 0 Å². The van der Waals surface area contributed by atoms with Gasteiger partial charge in [-0.15, -0.1) is 0 Å². The molecule has 0 aliphatic heterocycles. The molecule has 0 bridgehead atoms. The van der Waals surface area contributed by atoms with Crippen molar-refractivity contribution in [2.75, 3.05) is 6.61 Å². The summed E-state index contributed by atoms with van der Waals surface area (Å²) in [5.74, 6) is 0.204. The summed E-state index contributed by atoms with van der Waals surface area (Å²) in [6, 6.07) is 6.39. The molecule has 1 aromatic carbocycles. The Morgan fingerprint density at radius 2 is 1.82 bits per heavy atom. The molecule has 1 aromatic rings. The molecule has 0 radical (unpaired) electrons. The zero-order valence-electron chi connectivity index (χ0n) is 13.7. The van der Waals surface area contributed by atoms with Gasteiger partial charge in [-0.2, -0.15) is 0 Å². The van der Waals surface area contributed by atoms with Crippen LogP contribution in [0.4, 0.5) is 0 Å². The maximum Gasteiger partial charge on any atom is 0.347 e. The first-order valence-corrected chi connectivity index (χ1v) is 8.25. The number of phenols is 1. The van der Waals surface area contributed by atoms with E-state index in [-0.39, 0.29) is 11.7 Å². The zero-order valence-corrected chi connectivity index (χ0v) is 13.7. The van der Waals surface area contributed by atoms with Crippen LogP contribution in [0.5, 0.6) is 11.5 Å². The summed E-state index contributed by atoms with van der Waals surface area (Å²) in [6.07, 6.45) is 7.64. The number of esters is 1. The normalized spacial score (nSPS) is 11.9. The second-order valence-corrected chi connectivity index (χ2v) is 5.55. The Hall–Kier alpha value is -1.71. The van der Waals surface area contributed by atoms with E-state index < -0.39 is 6.10 Å². The Morgan fingerprint density at radius 1 is 1.14 bits per heavy atom. The van der Waals surface area contributed by atoms with Gasteiger partial charge in [0.15, 0.2) is 6.10 Å². The summed E-state index contributed by atoms with van der Waals surface area (Å²) in [7, 11) is 0. The summed E-state index contributed by atoms with van der Waals surface area (Å²) in [5.41, 5.74) is 0. The van der Waals surface area contributed by atoms with Crippen LogP contribution in [0, 0.1) is 0 Å². The number of unbranched alkanes of at least 4 members (excludes halogenated alkanes) is 6. The summed E-state index contributed by atoms with van der Waals surface area (Å²) < 4.78 is 10.7. The van der Waals surface area contributed by atoms with E-state index in [9.17, 15) is 9.90 Å². The largest absolute Gasteiger partial charge is 0.508 e. The van der Waals surface area contributed by atoms with Crippen molar-refractivity contribution in [3.05, 3.63) is 24.3 Å². The van der Waals surface area contributed by atoms with Crippen LogP contribution < -0.4 is 4.74 Å². The highest BCUT2D eigenvalue weighted by Gasteiger charge is 2.16. The Labute approximate surface area is 133 Å². The summed E-state index contributed by atoms with van der Waals surface area (Å²) in [5, 5.41) is 9.35. The van der Waals surface area contributed by atoms with Crippen molar-refractivity contribution in [1.29, 1.82) is 0 Å². The smallest absolute Gasteiger partial charge is 0.347 e. The number of ether oxygens (including phenoxy) is 2. The molecule has 4 nitrogen and oxygen atoms in total. The topological polar surface area (TPSA) is 55.8 Å². The van der Waals surface area contributed by atoms with Gasteiger partial charge in [-0.3, -0.25) is 0 Å². The molecule has 0 amide bonds. The summed E-state index contributed by atoms with van der Waals surface area (Å²) in [6.45, 7) is 4.30. The highest BCUT2D eigenvalue weighted by atomic mass is 16.6. The fraction of sp³-hybridized carbons (Fsp3) is 0.611. The lowest BCUT2D eigenvalue weighted by molar-refractivity contribution is -0.151. The third-order valence-corrected chi connectivity index (χ3v) is 3.45. The standard InChI is InChI=1S/C18H28O4/c1-3-4-5-6-7-8-9-13-21-18(20)15(2)22-17-12-10-11-16(19)14-17/h10-12,14-15,19H,3-9,13H2,1-2H3. The number of carbonyl (C=O) groups is 1. The van der Waals surface area contributed by atoms with E-state index in [2.05, 4.69) is 6.92 Å². The van der Waals surface area contributed by atoms with Gasteiger partial charge in [0.05, 0.1) is 6.61 Å². The average molecular weight is 308 g/mol. The predicted octanol–water partition coefficient (Wildman–Crippen LogP) is 4.45. The SMILES string of the molecule is CCCCCCCCCOC(=O)C(C)Oc1cccc(O)c1. The number of hydrogen-bond acceptors (Lipinski definition) is 4. The molecule has 22 heavy (non-hydrogen) atoms. The van der Waals surface area contributed by atoms with Crippen LogP contribution in [0.25, 0.3) is 0 Å². The van der Waals surface area contributed by atoms with Gasteiger partial charge < -0.3 is 14.6 Å². The van der Waals surface area contributed by atoms with Crippen LogP contribution in [0.3, 0.4) is 0 Å². The Morgan fingerprint density at radius 3 is 2.50 bits per heavy atom. The molecule has 1 unspecified atom stereocenters. The highest BCUT2D eigenvalue weighted by molar-refractivity contribution is 5.74. The van der Waals surface area contributed by atoms with Crippen LogP contribution in [0.1, 0.15) is 58.8 Å². The van der Waals surface area contributed by atoms with E-state index in [1.165, 1.54) is 38.2 Å². The van der Waals surface area contributed by atoms with Crippen LogP contribution >= 0.6 is 0 Å². The van der Waals surface area contributed by atoms with E-state index in [0.29, 0.717) is 12.4 Å². The van der Waals surface area contributed by atoms with E-state index in [0.717, 1.165) is 12.8 Å². The van der Waals surface area contributed by atoms with Crippen molar-refractivity contribution in [1.82, 2.24) is 0 Å². The van der Waals surface area contributed by atoms with E-state index in [1.807, 2.05) is 0 Å². The molecule has 1 rings (SSSR count). The molecular formula is C18H28O4. The first-order chi connectivity index (χ1) is 10.6. The average Bonchev–Trinajstić information content (AvgIpc) is 2.49. The number of hydrogen-bond donors (Lipinski definition) is 1. The Bertz CT molecular complexity index is 431. The molecule has 0 heterocycles. The fourth-order valence-electron chi connectivity index (χ4n) is 2.16. The molecule has 124 valence electrons. The van der Waals surface area contributed by atoms with Gasteiger partial charge in [0.1, 0.15) is 11.5 Å². The molecule has 4 heteroatoms. The van der Waals surface area contributed by atoms with Crippen LogP contribution in [-0.2, 0) is 9.53 Å². The zero-order chi connectivity index (χ0) is 16.2.